The highest BCUT2D eigenvalue weighted by molar-refractivity contribution is 7.99. The van der Waals surface area contributed by atoms with Gasteiger partial charge in [0, 0.05) is 17.0 Å². The Morgan fingerprint density at radius 2 is 1.96 bits per heavy atom. The number of rotatable bonds is 6. The largest absolute Gasteiger partial charge is 0.486 e. The maximum Gasteiger partial charge on any atom is 0.165 e. The first-order chi connectivity index (χ1) is 11.8. The van der Waals surface area contributed by atoms with Crippen LogP contribution in [0.4, 0.5) is 4.39 Å². The lowest BCUT2D eigenvalue weighted by Gasteiger charge is -2.13. The van der Waals surface area contributed by atoms with E-state index in [1.165, 1.54) is 38.5 Å². The van der Waals surface area contributed by atoms with Crippen LogP contribution < -0.4 is 4.74 Å². The molecule has 0 bridgehead atoms. The molecule has 0 atom stereocenters. The minimum atomic E-state index is -0.256. The van der Waals surface area contributed by atoms with Crippen LogP contribution in [-0.4, -0.2) is 10.2 Å². The van der Waals surface area contributed by atoms with Crippen molar-refractivity contribution in [3.63, 3.8) is 0 Å². The summed E-state index contributed by atoms with van der Waals surface area (Å²) in [5, 5.41) is 1.69. The van der Waals surface area contributed by atoms with E-state index < -0.39 is 0 Å². The van der Waals surface area contributed by atoms with Gasteiger partial charge < -0.3 is 4.74 Å². The van der Waals surface area contributed by atoms with Crippen molar-refractivity contribution in [2.45, 2.75) is 61.3 Å². The molecule has 4 rings (SSSR count). The van der Waals surface area contributed by atoms with Gasteiger partial charge in [-0.05, 0) is 55.4 Å². The summed E-state index contributed by atoms with van der Waals surface area (Å²) in [5.74, 6) is 0.634. The fraction of sp³-hybridized carbons (Fsp3) is 0.450. The molecule has 0 unspecified atom stereocenters. The maximum atomic E-state index is 14.2. The first-order valence-electron chi connectivity index (χ1n) is 8.82. The molecule has 2 aliphatic rings. The second-order valence-electron chi connectivity index (χ2n) is 6.74. The van der Waals surface area contributed by atoms with Crippen LogP contribution in [0.1, 0.15) is 55.6 Å². The minimum Gasteiger partial charge on any atom is -0.486 e. The van der Waals surface area contributed by atoms with E-state index in [9.17, 15) is 4.39 Å². The Morgan fingerprint density at radius 1 is 1.12 bits per heavy atom. The van der Waals surface area contributed by atoms with Crippen molar-refractivity contribution in [1.82, 2.24) is 4.98 Å². The van der Waals surface area contributed by atoms with Crippen molar-refractivity contribution in [2.24, 2.45) is 0 Å². The normalized spacial score (nSPS) is 18.0. The molecule has 1 heterocycles. The molecule has 1 aromatic heterocycles. The molecular formula is C20H22FNOS. The van der Waals surface area contributed by atoms with Crippen molar-refractivity contribution in [3.05, 3.63) is 53.5 Å². The molecule has 2 fully saturated rings. The van der Waals surface area contributed by atoms with Crippen molar-refractivity contribution in [1.29, 1.82) is 0 Å². The van der Waals surface area contributed by atoms with Crippen LogP contribution in [0.25, 0.3) is 0 Å². The highest BCUT2D eigenvalue weighted by atomic mass is 32.2. The first kappa shape index (κ1) is 15.9. The van der Waals surface area contributed by atoms with Gasteiger partial charge in [0.05, 0.1) is 0 Å². The molecule has 0 saturated heterocycles. The molecular weight excluding hydrogens is 321 g/mol. The predicted molar refractivity (Wildman–Crippen MR) is 95.1 cm³/mol. The molecule has 2 aliphatic carbocycles. The molecule has 2 nitrogen and oxygen atoms in total. The van der Waals surface area contributed by atoms with Gasteiger partial charge in [0.25, 0.3) is 0 Å². The van der Waals surface area contributed by atoms with Crippen LogP contribution >= 0.6 is 11.8 Å². The molecule has 2 aromatic rings. The Kier molecular flexibility index (Phi) is 4.74. The number of hydrogen-bond acceptors (Lipinski definition) is 3. The van der Waals surface area contributed by atoms with E-state index in [1.54, 1.807) is 12.1 Å². The van der Waals surface area contributed by atoms with Gasteiger partial charge in [0.2, 0.25) is 0 Å². The predicted octanol–water partition coefficient (Wildman–Crippen LogP) is 5.71. The summed E-state index contributed by atoms with van der Waals surface area (Å²) >= 11 is 1.85. The number of aromatic nitrogens is 1. The zero-order valence-corrected chi connectivity index (χ0v) is 14.5. The molecule has 4 heteroatoms. The minimum absolute atomic E-state index is 0.256. The third-order valence-electron chi connectivity index (χ3n) is 4.82. The standard InChI is InChI=1S/C20H22FNOS/c21-18-12-15(14-7-8-14)9-10-19(18)23-13-16-4-3-11-22-20(16)24-17-5-1-2-6-17/h3-4,9-12,14,17H,1-2,5-8,13H2. The Hall–Kier alpha value is -1.55. The molecule has 24 heavy (non-hydrogen) atoms. The zero-order valence-electron chi connectivity index (χ0n) is 13.7. The van der Waals surface area contributed by atoms with E-state index in [1.807, 2.05) is 36.2 Å². The maximum absolute atomic E-state index is 14.2. The molecule has 0 aliphatic heterocycles. The number of thioether (sulfide) groups is 1. The van der Waals surface area contributed by atoms with Crippen molar-refractivity contribution in [2.75, 3.05) is 0 Å². The van der Waals surface area contributed by atoms with Gasteiger partial charge in [0.1, 0.15) is 11.6 Å². The fourth-order valence-corrected chi connectivity index (χ4v) is 4.55. The summed E-state index contributed by atoms with van der Waals surface area (Å²) in [5.41, 5.74) is 2.14. The zero-order chi connectivity index (χ0) is 16.4. The van der Waals surface area contributed by atoms with Crippen LogP contribution in [0.15, 0.2) is 41.6 Å². The summed E-state index contributed by atoms with van der Waals surface area (Å²) in [6.07, 6.45) is 9.33. The smallest absolute Gasteiger partial charge is 0.165 e. The quantitative estimate of drug-likeness (QED) is 0.670. The Labute approximate surface area is 146 Å². The first-order valence-corrected chi connectivity index (χ1v) is 9.70. The number of hydrogen-bond donors (Lipinski definition) is 0. The van der Waals surface area contributed by atoms with Crippen LogP contribution in [-0.2, 0) is 6.61 Å². The third kappa shape index (κ3) is 3.75. The summed E-state index contributed by atoms with van der Waals surface area (Å²) in [6.45, 7) is 0.364. The van der Waals surface area contributed by atoms with Crippen LogP contribution in [0.5, 0.6) is 5.75 Å². The van der Waals surface area contributed by atoms with Gasteiger partial charge in [-0.15, -0.1) is 11.8 Å². The van der Waals surface area contributed by atoms with Crippen molar-refractivity contribution in [3.8, 4) is 5.75 Å². The fourth-order valence-electron chi connectivity index (χ4n) is 3.26. The molecule has 0 N–H and O–H groups in total. The van der Waals surface area contributed by atoms with E-state index in [0.29, 0.717) is 23.5 Å². The van der Waals surface area contributed by atoms with E-state index in [-0.39, 0.29) is 5.82 Å². The number of halogens is 1. The number of ether oxygens (including phenoxy) is 1. The van der Waals surface area contributed by atoms with Gasteiger partial charge >= 0.3 is 0 Å². The molecule has 0 spiro atoms. The highest BCUT2D eigenvalue weighted by Crippen LogP contribution is 2.41. The van der Waals surface area contributed by atoms with E-state index >= 15 is 0 Å². The van der Waals surface area contributed by atoms with E-state index in [2.05, 4.69) is 4.98 Å². The number of pyridine rings is 1. The average molecular weight is 343 g/mol. The lowest BCUT2D eigenvalue weighted by molar-refractivity contribution is 0.286. The lowest BCUT2D eigenvalue weighted by Crippen LogP contribution is -2.03. The van der Waals surface area contributed by atoms with Crippen molar-refractivity contribution >= 4 is 11.8 Å². The number of nitrogens with zero attached hydrogens (tertiary/aromatic N) is 1. The van der Waals surface area contributed by atoms with Gasteiger partial charge in [-0.3, -0.25) is 0 Å². The van der Waals surface area contributed by atoms with Crippen LogP contribution in [0.3, 0.4) is 0 Å². The monoisotopic (exact) mass is 343 g/mol. The topological polar surface area (TPSA) is 22.1 Å². The molecule has 0 amide bonds. The van der Waals surface area contributed by atoms with Gasteiger partial charge in [0.15, 0.2) is 11.6 Å². The van der Waals surface area contributed by atoms with Crippen LogP contribution in [0, 0.1) is 5.82 Å². The molecule has 126 valence electrons. The molecule has 0 radical (unpaired) electrons. The second kappa shape index (κ2) is 7.14. The van der Waals surface area contributed by atoms with Gasteiger partial charge in [-0.25, -0.2) is 9.37 Å². The van der Waals surface area contributed by atoms with Gasteiger partial charge in [-0.2, -0.15) is 0 Å². The SMILES string of the molecule is Fc1cc(C2CC2)ccc1OCc1cccnc1SC1CCCC1. The van der Waals surface area contributed by atoms with E-state index in [4.69, 9.17) is 4.74 Å². The summed E-state index contributed by atoms with van der Waals surface area (Å²) in [6, 6.07) is 9.34. The Balaban J connectivity index is 1.43. The highest BCUT2D eigenvalue weighted by Gasteiger charge is 2.24. The molecule has 1 aromatic carbocycles. The summed E-state index contributed by atoms with van der Waals surface area (Å²) in [4.78, 5) is 4.51. The van der Waals surface area contributed by atoms with E-state index in [0.717, 1.165) is 16.2 Å². The second-order valence-corrected chi connectivity index (χ2v) is 8.03. The average Bonchev–Trinajstić information content (AvgIpc) is 3.33. The van der Waals surface area contributed by atoms with Gasteiger partial charge in [-0.1, -0.05) is 25.0 Å². The third-order valence-corrected chi connectivity index (χ3v) is 6.21. The Morgan fingerprint density at radius 3 is 2.71 bits per heavy atom. The summed E-state index contributed by atoms with van der Waals surface area (Å²) < 4.78 is 20.0. The Bertz CT molecular complexity index is 711. The lowest BCUT2D eigenvalue weighted by atomic mass is 10.1. The van der Waals surface area contributed by atoms with Crippen LogP contribution in [0.2, 0.25) is 0 Å². The molecule has 2 saturated carbocycles. The van der Waals surface area contributed by atoms with Crippen molar-refractivity contribution < 1.29 is 9.13 Å². The number of benzene rings is 1. The summed E-state index contributed by atoms with van der Waals surface area (Å²) in [7, 11) is 0.